The summed E-state index contributed by atoms with van der Waals surface area (Å²) < 4.78 is 12.1. The van der Waals surface area contributed by atoms with Crippen molar-refractivity contribution < 1.29 is 19.4 Å². The number of nitrogens with one attached hydrogen (secondary N) is 2. The Morgan fingerprint density at radius 1 is 1.20 bits per heavy atom. The first-order chi connectivity index (χ1) is 19.9. The van der Waals surface area contributed by atoms with Crippen molar-refractivity contribution in [3.8, 4) is 5.75 Å². The number of hydrogen-bond donors (Lipinski definition) is 3. The predicted octanol–water partition coefficient (Wildman–Crippen LogP) is 6.23. The highest BCUT2D eigenvalue weighted by atomic mass is 35.5. The number of carbonyl (C=O) groups is 1. The molecule has 0 saturated carbocycles. The molecular weight excluding hydrogens is 567 g/mol. The number of hydrazine groups is 1. The van der Waals surface area contributed by atoms with Crippen LogP contribution in [0.2, 0.25) is 10.0 Å². The lowest BCUT2D eigenvalue weighted by Crippen LogP contribution is -2.54. The Balaban J connectivity index is 1.84. The number of azide groups is 1. The largest absolute Gasteiger partial charge is 0.494 e. The molecule has 0 unspecified atom stereocenters. The molecule has 0 spiro atoms. The molecule has 1 aliphatic heterocycles. The highest BCUT2D eigenvalue weighted by Crippen LogP contribution is 2.45. The summed E-state index contributed by atoms with van der Waals surface area (Å²) >= 11 is 12.9. The van der Waals surface area contributed by atoms with Gasteiger partial charge in [-0.05, 0) is 53.9 Å². The quantitative estimate of drug-likeness (QED) is 0.0705. The first kappa shape index (κ1) is 30.2. The first-order valence-corrected chi connectivity index (χ1v) is 13.9. The topological polar surface area (TPSA) is 141 Å². The van der Waals surface area contributed by atoms with E-state index in [0.29, 0.717) is 57.7 Å². The lowest BCUT2D eigenvalue weighted by atomic mass is 9.81. The van der Waals surface area contributed by atoms with Gasteiger partial charge in [-0.3, -0.25) is 10.2 Å². The Morgan fingerprint density at radius 2 is 1.98 bits per heavy atom. The second kappa shape index (κ2) is 14.2. The van der Waals surface area contributed by atoms with Crippen LogP contribution in [-0.2, 0) is 16.0 Å². The Morgan fingerprint density at radius 3 is 2.68 bits per heavy atom. The number of amides is 1. The monoisotopic (exact) mass is 596 g/mol. The summed E-state index contributed by atoms with van der Waals surface area (Å²) in [5, 5.41) is 13.6. The molecule has 0 saturated heterocycles. The molecule has 1 heterocycles. The third-order valence-corrected chi connectivity index (χ3v) is 7.02. The third kappa shape index (κ3) is 7.11. The van der Waals surface area contributed by atoms with Crippen molar-refractivity contribution in [1.29, 1.82) is 0 Å². The normalized spacial score (nSPS) is 17.8. The van der Waals surface area contributed by atoms with E-state index in [2.05, 4.69) is 20.9 Å². The minimum Gasteiger partial charge on any atom is -0.494 e. The highest BCUT2D eigenvalue weighted by molar-refractivity contribution is 6.35. The van der Waals surface area contributed by atoms with E-state index < -0.39 is 17.6 Å². The van der Waals surface area contributed by atoms with Crippen molar-refractivity contribution in [2.75, 3.05) is 19.8 Å². The highest BCUT2D eigenvalue weighted by Gasteiger charge is 2.54. The Bertz CT molecular complexity index is 1450. The molecule has 4 rings (SSSR count). The van der Waals surface area contributed by atoms with Crippen molar-refractivity contribution >= 4 is 40.7 Å². The summed E-state index contributed by atoms with van der Waals surface area (Å²) in [6, 6.07) is 19.1. The van der Waals surface area contributed by atoms with Gasteiger partial charge in [-0.25, -0.2) is 10.4 Å². The maximum absolute atomic E-state index is 14.1. The van der Waals surface area contributed by atoms with E-state index in [9.17, 15) is 4.79 Å². The number of carbonyl (C=O) groups excluding carboxylic acids is 1. The number of hydrogen-bond acceptors (Lipinski definition) is 7. The van der Waals surface area contributed by atoms with Crippen LogP contribution in [0.5, 0.6) is 5.75 Å². The molecule has 1 aliphatic rings. The predicted molar refractivity (Wildman–Crippen MR) is 159 cm³/mol. The number of rotatable bonds is 13. The van der Waals surface area contributed by atoms with Gasteiger partial charge < -0.3 is 14.6 Å². The maximum Gasteiger partial charge on any atom is 0.266 e. The van der Waals surface area contributed by atoms with E-state index in [0.717, 1.165) is 6.42 Å². The number of halogens is 2. The van der Waals surface area contributed by atoms with Gasteiger partial charge >= 0.3 is 0 Å². The molecule has 41 heavy (non-hydrogen) atoms. The van der Waals surface area contributed by atoms with Crippen molar-refractivity contribution in [2.24, 2.45) is 10.1 Å². The molecule has 3 aromatic carbocycles. The van der Waals surface area contributed by atoms with Crippen molar-refractivity contribution in [1.82, 2.24) is 10.9 Å². The van der Waals surface area contributed by atoms with Crippen LogP contribution >= 0.6 is 23.2 Å². The summed E-state index contributed by atoms with van der Waals surface area (Å²) in [4.78, 5) is 22.0. The third-order valence-electron chi connectivity index (χ3n) is 6.46. The molecule has 0 radical (unpaired) electrons. The summed E-state index contributed by atoms with van der Waals surface area (Å²) in [5.41, 5.74) is 15.5. The van der Waals surface area contributed by atoms with Crippen LogP contribution in [-0.4, -0.2) is 42.2 Å². The van der Waals surface area contributed by atoms with E-state index in [1.54, 1.807) is 66.7 Å². The van der Waals surface area contributed by atoms with Gasteiger partial charge in [0.05, 0.1) is 6.61 Å². The van der Waals surface area contributed by atoms with E-state index in [1.165, 1.54) is 0 Å². The average Bonchev–Trinajstić information content (AvgIpc) is 3.35. The number of aliphatic hydroxyl groups is 1. The molecule has 2 atom stereocenters. The minimum absolute atomic E-state index is 0.0390. The summed E-state index contributed by atoms with van der Waals surface area (Å²) in [6.07, 6.45) is 0.390. The lowest BCUT2D eigenvalue weighted by molar-refractivity contribution is -0.130. The van der Waals surface area contributed by atoms with Gasteiger partial charge in [0.1, 0.15) is 5.75 Å². The summed E-state index contributed by atoms with van der Waals surface area (Å²) in [5.74, 6) is 0.403. The van der Waals surface area contributed by atoms with Crippen LogP contribution in [0.15, 0.2) is 76.8 Å². The Hall–Kier alpha value is -3.79. The standard InChI is InChI=1S/C29H30Cl2N6O4/c1-2-14-33-36-28(39)29(18-20-6-3-4-7-25(20)35-37-32)26(23-13-10-21(30)17-24(23)31)41-27(34-29)19-8-11-22(12-9-19)40-16-5-15-38/h3-4,6-13,17,26,33,38H,2,5,14-16,18H2,1H3,(H,36,39)/t26-,29-/m0/s1. The molecule has 0 aromatic heterocycles. The van der Waals surface area contributed by atoms with Gasteiger partial charge in [-0.2, -0.15) is 0 Å². The van der Waals surface area contributed by atoms with E-state index in [-0.39, 0.29) is 18.9 Å². The Kier molecular flexibility index (Phi) is 10.5. The number of benzene rings is 3. The molecule has 12 heteroatoms. The minimum atomic E-state index is -1.55. The zero-order valence-electron chi connectivity index (χ0n) is 22.4. The summed E-state index contributed by atoms with van der Waals surface area (Å²) in [6.45, 7) is 2.94. The number of ether oxygens (including phenoxy) is 2. The molecule has 0 aliphatic carbocycles. The van der Waals surface area contributed by atoms with Gasteiger partial charge in [0.2, 0.25) is 5.90 Å². The second-order valence-corrected chi connectivity index (χ2v) is 10.2. The van der Waals surface area contributed by atoms with Crippen LogP contribution in [0.4, 0.5) is 5.69 Å². The van der Waals surface area contributed by atoms with Gasteiger partial charge in [-0.1, -0.05) is 65.6 Å². The maximum atomic E-state index is 14.1. The lowest BCUT2D eigenvalue weighted by Gasteiger charge is -2.31. The molecular formula is C29H30Cl2N6O4. The molecule has 0 bridgehead atoms. The van der Waals surface area contributed by atoms with Crippen molar-refractivity contribution in [3.63, 3.8) is 0 Å². The van der Waals surface area contributed by atoms with Crippen molar-refractivity contribution in [2.45, 2.75) is 37.8 Å². The average molecular weight is 598 g/mol. The molecule has 10 nitrogen and oxygen atoms in total. The Labute approximate surface area is 247 Å². The van der Waals surface area contributed by atoms with E-state index in [1.807, 2.05) is 6.92 Å². The van der Waals surface area contributed by atoms with Crippen LogP contribution in [0.25, 0.3) is 10.4 Å². The fourth-order valence-corrected chi connectivity index (χ4v) is 4.95. The molecule has 214 valence electrons. The van der Waals surface area contributed by atoms with Gasteiger partial charge in [0, 0.05) is 57.8 Å². The fourth-order valence-electron chi connectivity index (χ4n) is 4.45. The smallest absolute Gasteiger partial charge is 0.266 e. The van der Waals surface area contributed by atoms with Gasteiger partial charge in [0.25, 0.3) is 5.91 Å². The molecule has 3 N–H and O–H groups in total. The number of aliphatic hydroxyl groups excluding tert-OH is 1. The zero-order valence-corrected chi connectivity index (χ0v) is 23.9. The van der Waals surface area contributed by atoms with Gasteiger partial charge in [0.15, 0.2) is 11.6 Å². The number of nitrogens with zero attached hydrogens (tertiary/aromatic N) is 4. The molecule has 1 amide bonds. The van der Waals surface area contributed by atoms with Gasteiger partial charge in [-0.15, -0.1) is 0 Å². The SMILES string of the molecule is CCCNNC(=O)[C@@]1(Cc2ccccc2N=[N+]=[N-])N=C(c2ccc(OCCCO)cc2)O[C@H]1c1ccc(Cl)cc1Cl. The van der Waals surface area contributed by atoms with Crippen LogP contribution in [0.1, 0.15) is 42.6 Å². The van der Waals surface area contributed by atoms with E-state index in [4.69, 9.17) is 48.3 Å². The zero-order chi connectivity index (χ0) is 29.2. The fraction of sp³-hybridized carbons (Fsp3) is 0.310. The van der Waals surface area contributed by atoms with Crippen molar-refractivity contribution in [3.05, 3.63) is 104 Å². The van der Waals surface area contributed by atoms with Crippen LogP contribution in [0.3, 0.4) is 0 Å². The van der Waals surface area contributed by atoms with E-state index >= 15 is 0 Å². The molecule has 3 aromatic rings. The number of aliphatic imine (C=N–C) groups is 1. The second-order valence-electron chi connectivity index (χ2n) is 9.33. The first-order valence-electron chi connectivity index (χ1n) is 13.1. The summed E-state index contributed by atoms with van der Waals surface area (Å²) in [7, 11) is 0. The molecule has 0 fully saturated rings. The van der Waals surface area contributed by atoms with Crippen LogP contribution in [0, 0.1) is 0 Å². The van der Waals surface area contributed by atoms with Crippen LogP contribution < -0.4 is 15.6 Å².